The maximum Gasteiger partial charge on any atom is 0.306 e. The average Bonchev–Trinajstić information content (AvgIpc) is 2.86. The molecule has 2 saturated carbocycles. The number of rotatable bonds is 3. The summed E-state index contributed by atoms with van der Waals surface area (Å²) in [6.45, 7) is 2.64. The third-order valence-corrected chi connectivity index (χ3v) is 6.29. The van der Waals surface area contributed by atoms with Crippen LogP contribution < -0.4 is 0 Å². The lowest BCUT2D eigenvalue weighted by molar-refractivity contribution is -0.146. The molecule has 0 atom stereocenters. The van der Waals surface area contributed by atoms with Crippen LogP contribution in [0.25, 0.3) is 0 Å². The van der Waals surface area contributed by atoms with E-state index in [0.717, 1.165) is 25.7 Å². The summed E-state index contributed by atoms with van der Waals surface area (Å²) in [7, 11) is 1.95. The molecule has 1 amide bonds. The number of cyclic esters (lactones) is 1. The molecule has 4 heteroatoms. The zero-order chi connectivity index (χ0) is 16.9. The minimum absolute atomic E-state index is 0.0258. The Bertz CT molecular complexity index is 671. The molecule has 1 spiro atoms. The van der Waals surface area contributed by atoms with Gasteiger partial charge in [-0.3, -0.25) is 9.59 Å². The van der Waals surface area contributed by atoms with E-state index in [1.807, 2.05) is 11.9 Å². The highest BCUT2D eigenvalue weighted by atomic mass is 16.5. The van der Waals surface area contributed by atoms with Crippen LogP contribution in [0.2, 0.25) is 0 Å². The second-order valence-electron chi connectivity index (χ2n) is 8.13. The summed E-state index contributed by atoms with van der Waals surface area (Å²) in [6, 6.07) is 9.06. The number of hydrogen-bond donors (Lipinski definition) is 0. The van der Waals surface area contributed by atoms with E-state index in [9.17, 15) is 9.59 Å². The van der Waals surface area contributed by atoms with Crippen molar-refractivity contribution in [1.29, 1.82) is 0 Å². The molecular formula is C20H25NO3. The second-order valence-corrected chi connectivity index (χ2v) is 8.13. The summed E-state index contributed by atoms with van der Waals surface area (Å²) in [4.78, 5) is 25.9. The van der Waals surface area contributed by atoms with E-state index in [2.05, 4.69) is 31.2 Å². The van der Waals surface area contributed by atoms with Crippen molar-refractivity contribution in [1.82, 2.24) is 4.90 Å². The maximum absolute atomic E-state index is 12.7. The molecular weight excluding hydrogens is 302 g/mol. The minimum Gasteiger partial charge on any atom is -0.465 e. The first-order valence-electron chi connectivity index (χ1n) is 8.95. The van der Waals surface area contributed by atoms with Crippen LogP contribution in [0.15, 0.2) is 24.3 Å². The molecule has 1 saturated heterocycles. The molecule has 1 aromatic rings. The molecule has 3 aliphatic rings. The molecule has 24 heavy (non-hydrogen) atoms. The van der Waals surface area contributed by atoms with Crippen LogP contribution in [0.1, 0.15) is 49.1 Å². The van der Waals surface area contributed by atoms with E-state index < -0.39 is 0 Å². The Hall–Kier alpha value is -1.84. The smallest absolute Gasteiger partial charge is 0.306 e. The highest BCUT2D eigenvalue weighted by Gasteiger charge is 2.53. The van der Waals surface area contributed by atoms with Crippen molar-refractivity contribution in [3.8, 4) is 0 Å². The Kier molecular flexibility index (Phi) is 3.66. The number of nitrogens with zero attached hydrogens (tertiary/aromatic N) is 1. The Balaban J connectivity index is 1.29. The van der Waals surface area contributed by atoms with E-state index in [4.69, 9.17) is 4.74 Å². The number of esters is 1. The van der Waals surface area contributed by atoms with Crippen LogP contribution in [0.4, 0.5) is 0 Å². The number of benzene rings is 1. The van der Waals surface area contributed by atoms with Gasteiger partial charge in [-0.15, -0.1) is 0 Å². The molecule has 3 fully saturated rings. The molecule has 4 rings (SSSR count). The number of amides is 1. The summed E-state index contributed by atoms with van der Waals surface area (Å²) in [5.41, 5.74) is 2.67. The molecule has 1 aliphatic heterocycles. The van der Waals surface area contributed by atoms with Gasteiger partial charge in [0.05, 0.1) is 13.0 Å². The second kappa shape index (κ2) is 5.61. The van der Waals surface area contributed by atoms with E-state index in [-0.39, 0.29) is 23.2 Å². The number of carbonyl (C=O) groups excluding carboxylic acids is 2. The molecule has 4 nitrogen and oxygen atoms in total. The summed E-state index contributed by atoms with van der Waals surface area (Å²) >= 11 is 0. The lowest BCUT2D eigenvalue weighted by Gasteiger charge is -2.47. The first-order chi connectivity index (χ1) is 11.5. The van der Waals surface area contributed by atoms with E-state index in [1.165, 1.54) is 11.1 Å². The van der Waals surface area contributed by atoms with Crippen LogP contribution in [0, 0.1) is 18.3 Å². The van der Waals surface area contributed by atoms with Gasteiger partial charge in [0.2, 0.25) is 5.91 Å². The van der Waals surface area contributed by atoms with Crippen molar-refractivity contribution in [2.45, 2.75) is 51.0 Å². The SMILES string of the molecule is Cc1cccc(C2CC(N(C)C(=O)C3CC4(COC(=O)C4)C3)C2)c1. The van der Waals surface area contributed by atoms with Crippen molar-refractivity contribution in [2.75, 3.05) is 13.7 Å². The van der Waals surface area contributed by atoms with Gasteiger partial charge in [0.25, 0.3) is 0 Å². The topological polar surface area (TPSA) is 46.6 Å². The minimum atomic E-state index is -0.103. The number of ether oxygens (including phenoxy) is 1. The number of carbonyl (C=O) groups is 2. The zero-order valence-corrected chi connectivity index (χ0v) is 14.5. The lowest BCUT2D eigenvalue weighted by atomic mass is 9.61. The number of aryl methyl sites for hydroxylation is 1. The Morgan fingerprint density at radius 2 is 2.04 bits per heavy atom. The van der Waals surface area contributed by atoms with E-state index in [1.54, 1.807) is 0 Å². The molecule has 2 aliphatic carbocycles. The van der Waals surface area contributed by atoms with Crippen molar-refractivity contribution in [3.05, 3.63) is 35.4 Å². The van der Waals surface area contributed by atoms with Crippen LogP contribution in [0.3, 0.4) is 0 Å². The third kappa shape index (κ3) is 2.62. The normalized spacial score (nSPS) is 34.4. The Morgan fingerprint density at radius 3 is 2.67 bits per heavy atom. The van der Waals surface area contributed by atoms with Gasteiger partial charge in [0, 0.05) is 24.4 Å². The van der Waals surface area contributed by atoms with E-state index in [0.29, 0.717) is 25.0 Å². The van der Waals surface area contributed by atoms with Gasteiger partial charge in [-0.25, -0.2) is 0 Å². The van der Waals surface area contributed by atoms with Gasteiger partial charge in [0.1, 0.15) is 0 Å². The van der Waals surface area contributed by atoms with Crippen molar-refractivity contribution >= 4 is 11.9 Å². The quantitative estimate of drug-likeness (QED) is 0.802. The van der Waals surface area contributed by atoms with Gasteiger partial charge in [-0.2, -0.15) is 0 Å². The fraction of sp³-hybridized carbons (Fsp3) is 0.600. The molecule has 128 valence electrons. The third-order valence-electron chi connectivity index (χ3n) is 6.29. The Labute approximate surface area is 143 Å². The van der Waals surface area contributed by atoms with Crippen molar-refractivity contribution < 1.29 is 14.3 Å². The summed E-state index contributed by atoms with van der Waals surface area (Å²) < 4.78 is 5.09. The number of hydrogen-bond acceptors (Lipinski definition) is 3. The molecule has 1 heterocycles. The summed E-state index contributed by atoms with van der Waals surface area (Å²) in [5, 5.41) is 0. The average molecular weight is 327 g/mol. The standard InChI is InChI=1S/C20H25NO3/c1-13-4-3-5-14(6-13)15-7-17(8-15)21(2)19(23)16-9-20(10-16)11-18(22)24-12-20/h3-6,15-17H,7-12H2,1-2H3. The molecule has 0 radical (unpaired) electrons. The van der Waals surface area contributed by atoms with Gasteiger partial charge in [0.15, 0.2) is 0 Å². The maximum atomic E-state index is 12.7. The molecule has 0 aromatic heterocycles. The molecule has 0 unspecified atom stereocenters. The molecule has 0 N–H and O–H groups in total. The molecule has 1 aromatic carbocycles. The van der Waals surface area contributed by atoms with E-state index >= 15 is 0 Å². The van der Waals surface area contributed by atoms with Crippen LogP contribution in [-0.2, 0) is 14.3 Å². The van der Waals surface area contributed by atoms with Gasteiger partial charge in [-0.05, 0) is 44.1 Å². The van der Waals surface area contributed by atoms with Crippen molar-refractivity contribution in [2.24, 2.45) is 11.3 Å². The lowest BCUT2D eigenvalue weighted by Crippen LogP contribution is -2.51. The van der Waals surface area contributed by atoms with Gasteiger partial charge in [-0.1, -0.05) is 29.8 Å². The molecule has 0 bridgehead atoms. The monoisotopic (exact) mass is 327 g/mol. The highest BCUT2D eigenvalue weighted by molar-refractivity contribution is 5.81. The zero-order valence-electron chi connectivity index (χ0n) is 14.5. The first kappa shape index (κ1) is 15.7. The summed E-state index contributed by atoms with van der Waals surface area (Å²) in [6.07, 6.45) is 4.25. The first-order valence-corrected chi connectivity index (χ1v) is 8.95. The van der Waals surface area contributed by atoms with Crippen LogP contribution in [-0.4, -0.2) is 36.5 Å². The highest BCUT2D eigenvalue weighted by Crippen LogP contribution is 2.52. The Morgan fingerprint density at radius 1 is 1.29 bits per heavy atom. The fourth-order valence-electron chi connectivity index (χ4n) is 4.63. The summed E-state index contributed by atoms with van der Waals surface area (Å²) in [5.74, 6) is 0.822. The van der Waals surface area contributed by atoms with Crippen molar-refractivity contribution in [3.63, 3.8) is 0 Å². The van der Waals surface area contributed by atoms with Gasteiger partial charge < -0.3 is 9.64 Å². The van der Waals surface area contributed by atoms with Crippen LogP contribution in [0.5, 0.6) is 0 Å². The largest absolute Gasteiger partial charge is 0.465 e. The van der Waals surface area contributed by atoms with Gasteiger partial charge >= 0.3 is 5.97 Å². The van der Waals surface area contributed by atoms with Crippen LogP contribution >= 0.6 is 0 Å². The predicted molar refractivity (Wildman–Crippen MR) is 90.4 cm³/mol. The predicted octanol–water partition coefficient (Wildman–Crippen LogP) is 3.04. The fourth-order valence-corrected chi connectivity index (χ4v) is 4.63.